The maximum atomic E-state index is 11.8. The van der Waals surface area contributed by atoms with Crippen molar-refractivity contribution in [1.29, 1.82) is 0 Å². The van der Waals surface area contributed by atoms with Crippen molar-refractivity contribution >= 4 is 18.3 Å². The molecular weight excluding hydrogens is 212 g/mol. The number of amides is 1. The molecular formula is C11H19ClN2O. The molecule has 0 spiro atoms. The van der Waals surface area contributed by atoms with E-state index in [0.29, 0.717) is 35.1 Å². The van der Waals surface area contributed by atoms with Gasteiger partial charge in [0, 0.05) is 12.0 Å². The van der Waals surface area contributed by atoms with Gasteiger partial charge < -0.3 is 10.6 Å². The van der Waals surface area contributed by atoms with Crippen molar-refractivity contribution in [2.24, 2.45) is 23.2 Å². The topological polar surface area (TPSA) is 41.1 Å². The summed E-state index contributed by atoms with van der Waals surface area (Å²) in [6.45, 7) is 6.54. The SMILES string of the molecule is CC1(C)CC1NC(=O)C1[C@H]2CNC[C@@H]12.Cl. The summed E-state index contributed by atoms with van der Waals surface area (Å²) < 4.78 is 0. The normalized spacial score (nSPS) is 43.9. The highest BCUT2D eigenvalue weighted by molar-refractivity contribution is 5.85. The summed E-state index contributed by atoms with van der Waals surface area (Å²) in [5.41, 5.74) is 0.359. The Morgan fingerprint density at radius 2 is 1.87 bits per heavy atom. The van der Waals surface area contributed by atoms with Crippen LogP contribution in [0.3, 0.4) is 0 Å². The van der Waals surface area contributed by atoms with E-state index in [4.69, 9.17) is 0 Å². The molecule has 1 aliphatic heterocycles. The third-order valence-corrected chi connectivity index (χ3v) is 4.22. The molecule has 3 nitrogen and oxygen atoms in total. The Labute approximate surface area is 96.8 Å². The summed E-state index contributed by atoms with van der Waals surface area (Å²) in [6.07, 6.45) is 1.15. The first-order valence-corrected chi connectivity index (χ1v) is 5.61. The van der Waals surface area contributed by atoms with Crippen LogP contribution in [0, 0.1) is 23.2 Å². The minimum atomic E-state index is 0. The molecule has 1 heterocycles. The molecule has 3 fully saturated rings. The van der Waals surface area contributed by atoms with Gasteiger partial charge in [0.25, 0.3) is 0 Å². The predicted octanol–water partition coefficient (Wildman–Crippen LogP) is 0.788. The van der Waals surface area contributed by atoms with Gasteiger partial charge in [0.2, 0.25) is 5.91 Å². The second-order valence-electron chi connectivity index (χ2n) is 5.77. The van der Waals surface area contributed by atoms with Crippen molar-refractivity contribution < 1.29 is 4.79 Å². The highest BCUT2D eigenvalue weighted by atomic mass is 35.5. The Bertz CT molecular complexity index is 282. The Balaban J connectivity index is 0.000000853. The van der Waals surface area contributed by atoms with E-state index in [1.807, 2.05) is 0 Å². The number of fused-ring (bicyclic) bond motifs is 1. The van der Waals surface area contributed by atoms with Gasteiger partial charge in [-0.05, 0) is 36.8 Å². The second-order valence-corrected chi connectivity index (χ2v) is 5.77. The van der Waals surface area contributed by atoms with E-state index in [-0.39, 0.29) is 12.4 Å². The van der Waals surface area contributed by atoms with Crippen LogP contribution < -0.4 is 10.6 Å². The number of carbonyl (C=O) groups excluding carboxylic acids is 1. The first-order chi connectivity index (χ1) is 6.59. The van der Waals surface area contributed by atoms with E-state index in [1.165, 1.54) is 0 Å². The van der Waals surface area contributed by atoms with Gasteiger partial charge in [0.1, 0.15) is 0 Å². The lowest BCUT2D eigenvalue weighted by Gasteiger charge is -2.08. The number of halogens is 1. The molecule has 4 heteroatoms. The Kier molecular flexibility index (Phi) is 2.51. The smallest absolute Gasteiger partial charge is 0.224 e. The monoisotopic (exact) mass is 230 g/mol. The molecule has 86 valence electrons. The van der Waals surface area contributed by atoms with Gasteiger partial charge in [0.05, 0.1) is 0 Å². The third-order valence-electron chi connectivity index (χ3n) is 4.22. The lowest BCUT2D eigenvalue weighted by Crippen LogP contribution is -2.32. The summed E-state index contributed by atoms with van der Waals surface area (Å²) in [5.74, 6) is 1.96. The number of hydrogen-bond donors (Lipinski definition) is 2. The molecule has 3 rings (SSSR count). The van der Waals surface area contributed by atoms with E-state index < -0.39 is 0 Å². The molecule has 4 atom stereocenters. The highest BCUT2D eigenvalue weighted by Crippen LogP contribution is 2.50. The molecule has 3 aliphatic rings. The molecule has 2 unspecified atom stereocenters. The molecule has 0 bridgehead atoms. The summed E-state index contributed by atoms with van der Waals surface area (Å²) in [4.78, 5) is 11.8. The fourth-order valence-corrected chi connectivity index (χ4v) is 2.79. The van der Waals surface area contributed by atoms with Crippen LogP contribution in [0.25, 0.3) is 0 Å². The van der Waals surface area contributed by atoms with Crippen molar-refractivity contribution in [3.05, 3.63) is 0 Å². The zero-order valence-corrected chi connectivity index (χ0v) is 10.1. The van der Waals surface area contributed by atoms with Crippen molar-refractivity contribution in [2.45, 2.75) is 26.3 Å². The Morgan fingerprint density at radius 1 is 1.33 bits per heavy atom. The molecule has 2 saturated carbocycles. The zero-order valence-electron chi connectivity index (χ0n) is 9.25. The second kappa shape index (κ2) is 3.36. The molecule has 1 saturated heterocycles. The van der Waals surface area contributed by atoms with Gasteiger partial charge in [-0.15, -0.1) is 12.4 Å². The molecule has 0 radical (unpaired) electrons. The summed E-state index contributed by atoms with van der Waals surface area (Å²) >= 11 is 0. The van der Waals surface area contributed by atoms with Gasteiger partial charge >= 0.3 is 0 Å². The lowest BCUT2D eigenvalue weighted by molar-refractivity contribution is -0.123. The van der Waals surface area contributed by atoms with Crippen LogP contribution in [0.15, 0.2) is 0 Å². The minimum absolute atomic E-state index is 0. The van der Waals surface area contributed by atoms with Crippen molar-refractivity contribution in [2.75, 3.05) is 13.1 Å². The van der Waals surface area contributed by atoms with Crippen LogP contribution in [-0.4, -0.2) is 25.0 Å². The van der Waals surface area contributed by atoms with Crippen LogP contribution in [0.2, 0.25) is 0 Å². The standard InChI is InChI=1S/C11H18N2O.ClH/c1-11(2)3-8(11)13-10(14)9-6-4-12-5-7(6)9;/h6-9,12H,3-5H2,1-2H3,(H,13,14);1H/t6-,7+,8?,9?;. The van der Waals surface area contributed by atoms with Crippen LogP contribution in [0.4, 0.5) is 0 Å². The van der Waals surface area contributed by atoms with Crippen LogP contribution in [0.1, 0.15) is 20.3 Å². The Morgan fingerprint density at radius 3 is 2.33 bits per heavy atom. The zero-order chi connectivity index (χ0) is 9.92. The first-order valence-electron chi connectivity index (χ1n) is 5.61. The molecule has 1 amide bonds. The number of rotatable bonds is 2. The van der Waals surface area contributed by atoms with Crippen LogP contribution >= 0.6 is 12.4 Å². The fourth-order valence-electron chi connectivity index (χ4n) is 2.79. The van der Waals surface area contributed by atoms with Crippen molar-refractivity contribution in [3.63, 3.8) is 0 Å². The number of carbonyl (C=O) groups is 1. The maximum absolute atomic E-state index is 11.8. The number of nitrogens with one attached hydrogen (secondary N) is 2. The molecule has 0 aromatic rings. The highest BCUT2D eigenvalue weighted by Gasteiger charge is 2.58. The van der Waals surface area contributed by atoms with Crippen LogP contribution in [-0.2, 0) is 4.79 Å². The molecule has 0 aromatic carbocycles. The third kappa shape index (κ3) is 1.76. The van der Waals surface area contributed by atoms with Gasteiger partial charge in [-0.3, -0.25) is 4.79 Å². The van der Waals surface area contributed by atoms with E-state index in [1.54, 1.807) is 0 Å². The summed E-state index contributed by atoms with van der Waals surface area (Å²) in [5, 5.41) is 6.48. The first kappa shape index (κ1) is 11.2. The molecule has 2 N–H and O–H groups in total. The van der Waals surface area contributed by atoms with Crippen molar-refractivity contribution in [3.8, 4) is 0 Å². The maximum Gasteiger partial charge on any atom is 0.224 e. The quantitative estimate of drug-likeness (QED) is 0.737. The molecule has 2 aliphatic carbocycles. The Hall–Kier alpha value is -0.280. The largest absolute Gasteiger partial charge is 0.353 e. The molecule has 15 heavy (non-hydrogen) atoms. The lowest BCUT2D eigenvalue weighted by atomic mass is 10.2. The van der Waals surface area contributed by atoms with E-state index >= 15 is 0 Å². The fraction of sp³-hybridized carbons (Fsp3) is 0.909. The minimum Gasteiger partial charge on any atom is -0.353 e. The van der Waals surface area contributed by atoms with E-state index in [0.717, 1.165) is 19.5 Å². The summed E-state index contributed by atoms with van der Waals surface area (Å²) in [7, 11) is 0. The predicted molar refractivity (Wildman–Crippen MR) is 60.9 cm³/mol. The molecule has 0 aromatic heterocycles. The average Bonchev–Trinajstić information content (AvgIpc) is 2.86. The van der Waals surface area contributed by atoms with E-state index in [2.05, 4.69) is 24.5 Å². The van der Waals surface area contributed by atoms with Gasteiger partial charge in [-0.1, -0.05) is 13.8 Å². The average molecular weight is 231 g/mol. The summed E-state index contributed by atoms with van der Waals surface area (Å²) in [6, 6.07) is 0.448. The van der Waals surface area contributed by atoms with Gasteiger partial charge in [-0.25, -0.2) is 0 Å². The van der Waals surface area contributed by atoms with Crippen molar-refractivity contribution in [1.82, 2.24) is 10.6 Å². The van der Waals surface area contributed by atoms with Gasteiger partial charge in [-0.2, -0.15) is 0 Å². The number of piperidine rings is 1. The van der Waals surface area contributed by atoms with Gasteiger partial charge in [0.15, 0.2) is 0 Å². The van der Waals surface area contributed by atoms with E-state index in [9.17, 15) is 4.79 Å². The van der Waals surface area contributed by atoms with Crippen LogP contribution in [0.5, 0.6) is 0 Å². The number of hydrogen-bond acceptors (Lipinski definition) is 2.